The highest BCUT2D eigenvalue weighted by Gasteiger charge is 2.13. The van der Waals surface area contributed by atoms with Gasteiger partial charge < -0.3 is 14.8 Å². The largest absolute Gasteiger partial charge is 0.490 e. The molecule has 3 aromatic rings. The number of para-hydroxylation sites is 1. The maximum absolute atomic E-state index is 12.1. The number of hydrazone groups is 1. The zero-order valence-corrected chi connectivity index (χ0v) is 22.2. The molecule has 0 aromatic heterocycles. The van der Waals surface area contributed by atoms with Crippen molar-refractivity contribution in [2.45, 2.75) is 40.2 Å². The lowest BCUT2D eigenvalue weighted by molar-refractivity contribution is -0.124. The number of anilines is 1. The molecular formula is C28H30BrN3O4. The number of amides is 2. The Hall–Kier alpha value is -3.65. The Kier molecular flexibility index (Phi) is 10.1. The highest BCUT2D eigenvalue weighted by Crippen LogP contribution is 2.37. The number of carbonyl (C=O) groups is 2. The van der Waals surface area contributed by atoms with Gasteiger partial charge in [-0.05, 0) is 71.6 Å². The van der Waals surface area contributed by atoms with Crippen LogP contribution in [0.5, 0.6) is 11.5 Å². The number of nitrogens with zero attached hydrogens (tertiary/aromatic N) is 1. The van der Waals surface area contributed by atoms with Gasteiger partial charge in [-0.1, -0.05) is 48.0 Å². The van der Waals surface area contributed by atoms with Gasteiger partial charge in [-0.2, -0.15) is 5.10 Å². The fourth-order valence-corrected chi connectivity index (χ4v) is 3.87. The minimum atomic E-state index is -0.353. The second-order valence-corrected chi connectivity index (χ2v) is 9.05. The first-order valence-electron chi connectivity index (χ1n) is 11.7. The summed E-state index contributed by atoms with van der Waals surface area (Å²) < 4.78 is 12.5. The van der Waals surface area contributed by atoms with E-state index in [0.717, 1.165) is 16.8 Å². The minimum absolute atomic E-state index is 0.0226. The summed E-state index contributed by atoms with van der Waals surface area (Å²) in [7, 11) is 0. The van der Waals surface area contributed by atoms with Crippen LogP contribution in [-0.4, -0.2) is 24.6 Å². The van der Waals surface area contributed by atoms with Crippen LogP contribution >= 0.6 is 15.9 Å². The fourth-order valence-electron chi connectivity index (χ4n) is 3.29. The van der Waals surface area contributed by atoms with Gasteiger partial charge in [0.2, 0.25) is 11.8 Å². The van der Waals surface area contributed by atoms with Crippen molar-refractivity contribution in [1.82, 2.24) is 5.43 Å². The molecule has 0 bridgehead atoms. The monoisotopic (exact) mass is 551 g/mol. The van der Waals surface area contributed by atoms with Crippen molar-refractivity contribution in [1.29, 1.82) is 0 Å². The summed E-state index contributed by atoms with van der Waals surface area (Å²) in [5, 5.41) is 6.83. The van der Waals surface area contributed by atoms with Crippen LogP contribution in [0.15, 0.2) is 70.2 Å². The zero-order valence-electron chi connectivity index (χ0n) is 20.6. The van der Waals surface area contributed by atoms with E-state index in [-0.39, 0.29) is 24.7 Å². The number of hydrogen-bond donors (Lipinski definition) is 2. The van der Waals surface area contributed by atoms with Gasteiger partial charge in [-0.15, -0.1) is 0 Å². The quantitative estimate of drug-likeness (QED) is 0.229. The normalized spacial score (nSPS) is 10.8. The molecular weight excluding hydrogens is 522 g/mol. The molecule has 0 aliphatic heterocycles. The Morgan fingerprint density at radius 1 is 0.972 bits per heavy atom. The van der Waals surface area contributed by atoms with E-state index in [1.54, 1.807) is 6.07 Å². The van der Waals surface area contributed by atoms with Crippen molar-refractivity contribution in [2.24, 2.45) is 5.10 Å². The number of rotatable bonds is 11. The molecule has 0 heterocycles. The standard InChI is InChI=1S/C28H30BrN3O4/c1-4-35-25-16-22(15-23(29)28(25)36-18-21-11-9-19(2)10-12-21)17-30-32-27(34)14-13-26(33)31-24-8-6-5-7-20(24)3/h5-12,15-17H,4,13-14,18H2,1-3H3,(H,31,33)(H,32,34). The topological polar surface area (TPSA) is 89.0 Å². The van der Waals surface area contributed by atoms with Crippen LogP contribution in [0.3, 0.4) is 0 Å². The lowest BCUT2D eigenvalue weighted by Gasteiger charge is -2.15. The molecule has 3 aromatic carbocycles. The number of nitrogens with one attached hydrogen (secondary N) is 2. The summed E-state index contributed by atoms with van der Waals surface area (Å²) in [4.78, 5) is 24.3. The molecule has 0 saturated carbocycles. The van der Waals surface area contributed by atoms with Crippen molar-refractivity contribution in [3.63, 3.8) is 0 Å². The van der Waals surface area contributed by atoms with Crippen LogP contribution in [0.1, 0.15) is 42.0 Å². The molecule has 0 aliphatic rings. The van der Waals surface area contributed by atoms with Crippen molar-refractivity contribution in [3.8, 4) is 11.5 Å². The van der Waals surface area contributed by atoms with E-state index in [1.165, 1.54) is 11.8 Å². The van der Waals surface area contributed by atoms with Crippen molar-refractivity contribution < 1.29 is 19.1 Å². The van der Waals surface area contributed by atoms with E-state index < -0.39 is 0 Å². The molecule has 8 heteroatoms. The van der Waals surface area contributed by atoms with Gasteiger partial charge in [0.1, 0.15) is 6.61 Å². The Bertz CT molecular complexity index is 1230. The zero-order chi connectivity index (χ0) is 25.9. The Labute approximate surface area is 220 Å². The van der Waals surface area contributed by atoms with Crippen LogP contribution in [0, 0.1) is 13.8 Å². The average molecular weight is 552 g/mol. The predicted molar refractivity (Wildman–Crippen MR) is 146 cm³/mol. The smallest absolute Gasteiger partial charge is 0.240 e. The Morgan fingerprint density at radius 3 is 2.42 bits per heavy atom. The predicted octanol–water partition coefficient (Wildman–Crippen LogP) is 5.91. The van der Waals surface area contributed by atoms with Gasteiger partial charge in [-0.3, -0.25) is 9.59 Å². The van der Waals surface area contributed by atoms with Gasteiger partial charge >= 0.3 is 0 Å². The summed E-state index contributed by atoms with van der Waals surface area (Å²) in [6, 6.07) is 19.3. The van der Waals surface area contributed by atoms with E-state index in [4.69, 9.17) is 9.47 Å². The third-order valence-corrected chi connectivity index (χ3v) is 5.83. The second kappa shape index (κ2) is 13.4. The van der Waals surface area contributed by atoms with Gasteiger partial charge in [0.05, 0.1) is 17.3 Å². The van der Waals surface area contributed by atoms with E-state index in [0.29, 0.717) is 34.7 Å². The molecule has 2 amide bonds. The van der Waals surface area contributed by atoms with Gasteiger partial charge in [0.15, 0.2) is 11.5 Å². The Morgan fingerprint density at radius 2 is 1.69 bits per heavy atom. The van der Waals surface area contributed by atoms with Crippen LogP contribution < -0.4 is 20.2 Å². The summed E-state index contributed by atoms with van der Waals surface area (Å²) >= 11 is 3.55. The molecule has 0 radical (unpaired) electrons. The Balaban J connectivity index is 1.54. The van der Waals surface area contributed by atoms with Crippen molar-refractivity contribution >= 4 is 39.6 Å². The molecule has 188 valence electrons. The summed E-state index contributed by atoms with van der Waals surface area (Å²) in [5.41, 5.74) is 7.12. The maximum Gasteiger partial charge on any atom is 0.240 e. The molecule has 0 saturated heterocycles. The summed E-state index contributed by atoms with van der Waals surface area (Å²) in [6.45, 7) is 6.72. The molecule has 36 heavy (non-hydrogen) atoms. The van der Waals surface area contributed by atoms with Gasteiger partial charge in [0.25, 0.3) is 0 Å². The third kappa shape index (κ3) is 8.23. The summed E-state index contributed by atoms with van der Waals surface area (Å²) in [5.74, 6) is 0.584. The number of aryl methyl sites for hydroxylation is 2. The van der Waals surface area contributed by atoms with Gasteiger partial charge in [0, 0.05) is 18.5 Å². The number of carbonyl (C=O) groups excluding carboxylic acids is 2. The maximum atomic E-state index is 12.1. The van der Waals surface area contributed by atoms with E-state index in [9.17, 15) is 9.59 Å². The van der Waals surface area contributed by atoms with Crippen LogP contribution in [0.4, 0.5) is 5.69 Å². The molecule has 0 unspecified atom stereocenters. The number of halogens is 1. The fraction of sp³-hybridized carbons (Fsp3) is 0.250. The van der Waals surface area contributed by atoms with Crippen LogP contribution in [0.2, 0.25) is 0 Å². The minimum Gasteiger partial charge on any atom is -0.490 e. The SMILES string of the molecule is CCOc1cc(C=NNC(=O)CCC(=O)Nc2ccccc2C)cc(Br)c1OCc1ccc(C)cc1. The summed E-state index contributed by atoms with van der Waals surface area (Å²) in [6.07, 6.45) is 1.60. The van der Waals surface area contributed by atoms with Crippen molar-refractivity contribution in [3.05, 3.63) is 87.4 Å². The molecule has 3 rings (SSSR count). The van der Waals surface area contributed by atoms with E-state index in [2.05, 4.69) is 31.8 Å². The number of hydrogen-bond acceptors (Lipinski definition) is 5. The second-order valence-electron chi connectivity index (χ2n) is 8.19. The van der Waals surface area contributed by atoms with Crippen molar-refractivity contribution in [2.75, 3.05) is 11.9 Å². The number of benzene rings is 3. The van der Waals surface area contributed by atoms with E-state index in [1.807, 2.05) is 75.4 Å². The molecule has 0 aliphatic carbocycles. The molecule has 7 nitrogen and oxygen atoms in total. The first-order chi connectivity index (χ1) is 17.4. The highest BCUT2D eigenvalue weighted by molar-refractivity contribution is 9.10. The molecule has 0 fully saturated rings. The highest BCUT2D eigenvalue weighted by atomic mass is 79.9. The van der Waals surface area contributed by atoms with Crippen LogP contribution in [-0.2, 0) is 16.2 Å². The lowest BCUT2D eigenvalue weighted by atomic mass is 10.1. The first-order valence-corrected chi connectivity index (χ1v) is 12.5. The molecule has 0 atom stereocenters. The average Bonchev–Trinajstić information content (AvgIpc) is 2.85. The van der Waals surface area contributed by atoms with E-state index >= 15 is 0 Å². The molecule has 0 spiro atoms. The van der Waals surface area contributed by atoms with Crippen LogP contribution in [0.25, 0.3) is 0 Å². The lowest BCUT2D eigenvalue weighted by Crippen LogP contribution is -2.20. The number of ether oxygens (including phenoxy) is 2. The van der Waals surface area contributed by atoms with Gasteiger partial charge in [-0.25, -0.2) is 5.43 Å². The third-order valence-electron chi connectivity index (χ3n) is 5.24. The molecule has 2 N–H and O–H groups in total. The first kappa shape index (κ1) is 26.9.